The molecule has 2 aromatic carbocycles. The monoisotopic (exact) mass is 390 g/mol. The van der Waals surface area contributed by atoms with Crippen molar-refractivity contribution in [2.24, 2.45) is 0 Å². The van der Waals surface area contributed by atoms with E-state index in [0.717, 1.165) is 5.56 Å². The SMILES string of the molecule is CCN(CC(=O)NCc1ccc(F)cc1)C(=O)CCc1ccc(OC)c(F)c1. The van der Waals surface area contributed by atoms with Gasteiger partial charge in [0.2, 0.25) is 11.8 Å². The van der Waals surface area contributed by atoms with Crippen molar-refractivity contribution in [3.63, 3.8) is 0 Å². The summed E-state index contributed by atoms with van der Waals surface area (Å²) in [6.45, 7) is 2.38. The lowest BCUT2D eigenvalue weighted by Crippen LogP contribution is -2.40. The minimum absolute atomic E-state index is 0.0620. The van der Waals surface area contributed by atoms with Gasteiger partial charge < -0.3 is 15.0 Å². The lowest BCUT2D eigenvalue weighted by Gasteiger charge is -2.20. The number of likely N-dealkylation sites (N-methyl/N-ethyl adjacent to an activating group) is 1. The molecule has 0 aliphatic rings. The van der Waals surface area contributed by atoms with Gasteiger partial charge in [0.1, 0.15) is 5.82 Å². The normalized spacial score (nSPS) is 10.4. The van der Waals surface area contributed by atoms with Crippen LogP contribution in [0.5, 0.6) is 5.75 Å². The smallest absolute Gasteiger partial charge is 0.239 e. The van der Waals surface area contributed by atoms with Crippen molar-refractivity contribution in [3.05, 3.63) is 65.2 Å². The summed E-state index contributed by atoms with van der Waals surface area (Å²) in [6, 6.07) is 10.4. The average molecular weight is 390 g/mol. The quantitative estimate of drug-likeness (QED) is 0.716. The Morgan fingerprint density at radius 1 is 1.07 bits per heavy atom. The second kappa shape index (κ2) is 10.4. The van der Waals surface area contributed by atoms with Crippen LogP contribution in [0, 0.1) is 11.6 Å². The molecular formula is C21H24F2N2O3. The number of hydrogen-bond acceptors (Lipinski definition) is 3. The number of amides is 2. The molecule has 0 heterocycles. The summed E-state index contributed by atoms with van der Waals surface area (Å²) in [4.78, 5) is 25.9. The molecule has 0 aliphatic heterocycles. The fourth-order valence-electron chi connectivity index (χ4n) is 2.68. The first-order valence-electron chi connectivity index (χ1n) is 9.04. The number of methoxy groups -OCH3 is 1. The van der Waals surface area contributed by atoms with E-state index >= 15 is 0 Å². The van der Waals surface area contributed by atoms with Gasteiger partial charge >= 0.3 is 0 Å². The van der Waals surface area contributed by atoms with Gasteiger partial charge in [-0.1, -0.05) is 18.2 Å². The Kier molecular flexibility index (Phi) is 7.92. The van der Waals surface area contributed by atoms with Crippen LogP contribution in [-0.4, -0.2) is 36.9 Å². The summed E-state index contributed by atoms with van der Waals surface area (Å²) in [5.74, 6) is -1.14. The van der Waals surface area contributed by atoms with Gasteiger partial charge in [-0.3, -0.25) is 9.59 Å². The largest absolute Gasteiger partial charge is 0.494 e. The molecule has 0 aromatic heterocycles. The van der Waals surface area contributed by atoms with Gasteiger partial charge in [-0.15, -0.1) is 0 Å². The summed E-state index contributed by atoms with van der Waals surface area (Å²) in [6.07, 6.45) is 0.540. The van der Waals surface area contributed by atoms with Gasteiger partial charge in [0.15, 0.2) is 11.6 Å². The molecule has 0 atom stereocenters. The Morgan fingerprint density at radius 3 is 2.36 bits per heavy atom. The first kappa shape index (κ1) is 21.3. The summed E-state index contributed by atoms with van der Waals surface area (Å²) in [5, 5.41) is 2.71. The zero-order valence-electron chi connectivity index (χ0n) is 16.0. The topological polar surface area (TPSA) is 58.6 Å². The molecule has 2 aromatic rings. The first-order valence-corrected chi connectivity index (χ1v) is 9.04. The van der Waals surface area contributed by atoms with Crippen LogP contribution in [0.1, 0.15) is 24.5 Å². The maximum absolute atomic E-state index is 13.7. The van der Waals surface area contributed by atoms with E-state index in [0.29, 0.717) is 18.5 Å². The standard InChI is InChI=1S/C21H24F2N2O3/c1-3-25(14-20(26)24-13-16-4-8-17(22)9-5-16)21(27)11-7-15-6-10-19(28-2)18(23)12-15/h4-6,8-10,12H,3,7,11,13-14H2,1-2H3,(H,24,26). The molecule has 0 radical (unpaired) electrons. The zero-order valence-corrected chi connectivity index (χ0v) is 16.0. The number of hydrogen-bond donors (Lipinski definition) is 1. The Hall–Kier alpha value is -2.96. The molecule has 0 spiro atoms. The van der Waals surface area contributed by atoms with Crippen LogP contribution in [0.15, 0.2) is 42.5 Å². The van der Waals surface area contributed by atoms with E-state index < -0.39 is 5.82 Å². The molecule has 0 saturated heterocycles. The number of halogens is 2. The van der Waals surface area contributed by atoms with E-state index in [-0.39, 0.29) is 42.9 Å². The predicted molar refractivity (Wildman–Crippen MR) is 102 cm³/mol. The highest BCUT2D eigenvalue weighted by molar-refractivity contribution is 5.84. The molecule has 0 unspecified atom stereocenters. The molecular weight excluding hydrogens is 366 g/mol. The van der Waals surface area contributed by atoms with Gasteiger partial charge in [-0.25, -0.2) is 8.78 Å². The van der Waals surface area contributed by atoms with Crippen molar-refractivity contribution >= 4 is 11.8 Å². The van der Waals surface area contributed by atoms with Gasteiger partial charge in [0, 0.05) is 19.5 Å². The van der Waals surface area contributed by atoms with Crippen molar-refractivity contribution in [1.82, 2.24) is 10.2 Å². The highest BCUT2D eigenvalue weighted by Crippen LogP contribution is 2.18. The Balaban J connectivity index is 1.82. The highest BCUT2D eigenvalue weighted by Gasteiger charge is 2.16. The van der Waals surface area contributed by atoms with E-state index in [9.17, 15) is 18.4 Å². The number of aryl methyl sites for hydroxylation is 1. The number of nitrogens with zero attached hydrogens (tertiary/aromatic N) is 1. The van der Waals surface area contributed by atoms with Crippen LogP contribution in [0.4, 0.5) is 8.78 Å². The van der Waals surface area contributed by atoms with E-state index in [1.807, 2.05) is 0 Å². The van der Waals surface area contributed by atoms with Crippen molar-refractivity contribution in [3.8, 4) is 5.75 Å². The Morgan fingerprint density at radius 2 is 1.75 bits per heavy atom. The fraction of sp³-hybridized carbons (Fsp3) is 0.333. The number of benzene rings is 2. The fourth-order valence-corrected chi connectivity index (χ4v) is 2.68. The van der Waals surface area contributed by atoms with E-state index in [1.165, 1.54) is 36.3 Å². The van der Waals surface area contributed by atoms with Crippen LogP contribution in [-0.2, 0) is 22.6 Å². The Bertz CT molecular complexity index is 810. The third kappa shape index (κ3) is 6.33. The second-order valence-corrected chi connectivity index (χ2v) is 6.28. The molecule has 0 fully saturated rings. The van der Waals surface area contributed by atoms with Gasteiger partial charge in [0.05, 0.1) is 13.7 Å². The summed E-state index contributed by atoms with van der Waals surface area (Å²) < 4.78 is 31.5. The van der Waals surface area contributed by atoms with Gasteiger partial charge in [0.25, 0.3) is 0 Å². The molecule has 5 nitrogen and oxygen atoms in total. The van der Waals surface area contributed by atoms with E-state index in [4.69, 9.17) is 4.74 Å². The van der Waals surface area contributed by atoms with Crippen molar-refractivity contribution in [2.75, 3.05) is 20.2 Å². The molecule has 0 bridgehead atoms. The van der Waals surface area contributed by atoms with Gasteiger partial charge in [-0.2, -0.15) is 0 Å². The van der Waals surface area contributed by atoms with E-state index in [2.05, 4.69) is 5.32 Å². The number of ether oxygens (including phenoxy) is 1. The third-order valence-corrected chi connectivity index (χ3v) is 4.32. The molecule has 0 aliphatic carbocycles. The minimum Gasteiger partial charge on any atom is -0.494 e. The van der Waals surface area contributed by atoms with Crippen LogP contribution >= 0.6 is 0 Å². The highest BCUT2D eigenvalue weighted by atomic mass is 19.1. The first-order chi connectivity index (χ1) is 13.4. The van der Waals surface area contributed by atoms with Crippen molar-refractivity contribution in [2.45, 2.75) is 26.3 Å². The van der Waals surface area contributed by atoms with Crippen LogP contribution in [0.3, 0.4) is 0 Å². The lowest BCUT2D eigenvalue weighted by molar-refractivity contribution is -0.135. The average Bonchev–Trinajstić information content (AvgIpc) is 2.69. The molecule has 0 saturated carbocycles. The third-order valence-electron chi connectivity index (χ3n) is 4.32. The molecule has 28 heavy (non-hydrogen) atoms. The van der Waals surface area contributed by atoms with Crippen molar-refractivity contribution in [1.29, 1.82) is 0 Å². The van der Waals surface area contributed by atoms with E-state index in [1.54, 1.807) is 25.1 Å². The number of carbonyl (C=O) groups is 2. The molecule has 150 valence electrons. The maximum atomic E-state index is 13.7. The minimum atomic E-state index is -0.472. The number of carbonyl (C=O) groups excluding carboxylic acids is 2. The Labute approximate surface area is 163 Å². The molecule has 7 heteroatoms. The summed E-state index contributed by atoms with van der Waals surface area (Å²) in [7, 11) is 1.39. The molecule has 2 rings (SSSR count). The van der Waals surface area contributed by atoms with Gasteiger partial charge in [-0.05, 0) is 48.7 Å². The lowest BCUT2D eigenvalue weighted by atomic mass is 10.1. The zero-order chi connectivity index (χ0) is 20.5. The molecule has 2 amide bonds. The van der Waals surface area contributed by atoms with Crippen molar-refractivity contribution < 1.29 is 23.1 Å². The molecule has 1 N–H and O–H groups in total. The number of nitrogens with one attached hydrogen (secondary N) is 1. The number of rotatable bonds is 9. The van der Waals surface area contributed by atoms with Crippen LogP contribution < -0.4 is 10.1 Å². The maximum Gasteiger partial charge on any atom is 0.239 e. The van der Waals surface area contributed by atoms with Crippen LogP contribution in [0.2, 0.25) is 0 Å². The summed E-state index contributed by atoms with van der Waals surface area (Å²) in [5.41, 5.74) is 1.45. The predicted octanol–water partition coefficient (Wildman–Crippen LogP) is 3.07. The van der Waals surface area contributed by atoms with Crippen LogP contribution in [0.25, 0.3) is 0 Å². The summed E-state index contributed by atoms with van der Waals surface area (Å²) >= 11 is 0. The second-order valence-electron chi connectivity index (χ2n) is 6.28.